The molecule has 0 atom stereocenters. The van der Waals surface area contributed by atoms with E-state index in [1.54, 1.807) is 12.1 Å². The summed E-state index contributed by atoms with van der Waals surface area (Å²) in [6, 6.07) is 17.4. The average Bonchev–Trinajstić information content (AvgIpc) is 3.34. The molecule has 0 fully saturated rings. The number of benzene rings is 2. The lowest BCUT2D eigenvalue weighted by molar-refractivity contribution is 0.0921. The summed E-state index contributed by atoms with van der Waals surface area (Å²) in [6.07, 6.45) is 1.48. The zero-order valence-corrected chi connectivity index (χ0v) is 16.5. The molecule has 1 N–H and O–H groups in total. The fourth-order valence-electron chi connectivity index (χ4n) is 3.44. The summed E-state index contributed by atoms with van der Waals surface area (Å²) in [5.74, 6) is 1.65. The van der Waals surface area contributed by atoms with E-state index in [-0.39, 0.29) is 11.7 Å². The van der Waals surface area contributed by atoms with Crippen molar-refractivity contribution in [2.45, 2.75) is 26.9 Å². The number of imidazole rings is 1. The number of carbonyl (C=O) groups excluding carboxylic acids is 1. The highest BCUT2D eigenvalue weighted by Crippen LogP contribution is 2.18. The Kier molecular flexibility index (Phi) is 5.33. The van der Waals surface area contributed by atoms with Crippen LogP contribution in [0.3, 0.4) is 0 Å². The highest BCUT2D eigenvalue weighted by Gasteiger charge is 2.13. The summed E-state index contributed by atoms with van der Waals surface area (Å²) in [6.45, 7) is 5.55. The zero-order valence-electron chi connectivity index (χ0n) is 16.5. The van der Waals surface area contributed by atoms with E-state index in [2.05, 4.69) is 34.8 Å². The molecule has 6 heteroatoms. The lowest BCUT2D eigenvalue weighted by Gasteiger charge is -2.12. The fourth-order valence-corrected chi connectivity index (χ4v) is 3.44. The number of para-hydroxylation sites is 2. The van der Waals surface area contributed by atoms with Gasteiger partial charge < -0.3 is 19.0 Å². The summed E-state index contributed by atoms with van der Waals surface area (Å²) in [4.78, 5) is 16.9. The van der Waals surface area contributed by atoms with Crippen LogP contribution in [0.4, 0.5) is 0 Å². The Morgan fingerprint density at radius 1 is 1.10 bits per heavy atom. The predicted octanol–water partition coefficient (Wildman–Crippen LogP) is 4.26. The number of amides is 1. The average molecular weight is 389 g/mol. The van der Waals surface area contributed by atoms with Gasteiger partial charge in [-0.05, 0) is 61.4 Å². The molecule has 1 amide bonds. The number of hydrogen-bond donors (Lipinski definition) is 1. The van der Waals surface area contributed by atoms with Crippen molar-refractivity contribution in [2.75, 3.05) is 6.61 Å². The number of furan rings is 1. The second kappa shape index (κ2) is 8.22. The van der Waals surface area contributed by atoms with Gasteiger partial charge in [0.1, 0.15) is 18.2 Å². The van der Waals surface area contributed by atoms with Crippen LogP contribution < -0.4 is 10.1 Å². The molecule has 2 heterocycles. The van der Waals surface area contributed by atoms with Crippen LogP contribution in [0, 0.1) is 13.8 Å². The van der Waals surface area contributed by atoms with E-state index in [4.69, 9.17) is 9.15 Å². The summed E-state index contributed by atoms with van der Waals surface area (Å²) >= 11 is 0. The highest BCUT2D eigenvalue weighted by molar-refractivity contribution is 5.91. The van der Waals surface area contributed by atoms with Crippen LogP contribution in [0.2, 0.25) is 0 Å². The van der Waals surface area contributed by atoms with Crippen LogP contribution in [0.15, 0.2) is 65.3 Å². The molecule has 0 unspecified atom stereocenters. The molecule has 148 valence electrons. The Hall–Kier alpha value is -3.54. The number of aromatic nitrogens is 2. The fraction of sp³-hybridized carbons (Fsp3) is 0.217. The first-order chi connectivity index (χ1) is 14.1. The quantitative estimate of drug-likeness (QED) is 0.513. The van der Waals surface area contributed by atoms with Gasteiger partial charge in [-0.15, -0.1) is 0 Å². The largest absolute Gasteiger partial charge is 0.492 e. The van der Waals surface area contributed by atoms with Gasteiger partial charge in [-0.1, -0.05) is 18.2 Å². The third-order valence-electron chi connectivity index (χ3n) is 4.66. The number of ether oxygens (including phenoxy) is 1. The summed E-state index contributed by atoms with van der Waals surface area (Å²) in [5, 5.41) is 2.87. The summed E-state index contributed by atoms with van der Waals surface area (Å²) in [7, 11) is 0. The van der Waals surface area contributed by atoms with Crippen molar-refractivity contribution < 1.29 is 13.9 Å². The number of hydrogen-bond acceptors (Lipinski definition) is 4. The standard InChI is InChI=1S/C23H23N3O3/c1-16-12-17(2)14-18(13-16)28-11-9-26-20-7-4-3-6-19(20)25-22(26)15-24-23(27)21-8-5-10-29-21/h3-8,10,12-14H,9,11,15H2,1-2H3,(H,24,27). The third-order valence-corrected chi connectivity index (χ3v) is 4.66. The van der Waals surface area contributed by atoms with Crippen molar-refractivity contribution in [3.8, 4) is 5.75 Å². The van der Waals surface area contributed by atoms with E-state index in [1.807, 2.05) is 36.4 Å². The van der Waals surface area contributed by atoms with Gasteiger partial charge in [0.05, 0.1) is 30.4 Å². The Labute approximate surface area is 169 Å². The first kappa shape index (κ1) is 18.8. The van der Waals surface area contributed by atoms with E-state index in [0.29, 0.717) is 19.7 Å². The maximum absolute atomic E-state index is 12.2. The van der Waals surface area contributed by atoms with Gasteiger partial charge >= 0.3 is 0 Å². The lowest BCUT2D eigenvalue weighted by atomic mass is 10.1. The van der Waals surface area contributed by atoms with Gasteiger partial charge in [0.25, 0.3) is 5.91 Å². The highest BCUT2D eigenvalue weighted by atomic mass is 16.5. The van der Waals surface area contributed by atoms with E-state index in [9.17, 15) is 4.79 Å². The molecular weight excluding hydrogens is 366 g/mol. The van der Waals surface area contributed by atoms with E-state index in [1.165, 1.54) is 17.4 Å². The van der Waals surface area contributed by atoms with Crippen LogP contribution in [-0.4, -0.2) is 22.1 Å². The lowest BCUT2D eigenvalue weighted by Crippen LogP contribution is -2.25. The Morgan fingerprint density at radius 3 is 2.66 bits per heavy atom. The second-order valence-corrected chi connectivity index (χ2v) is 7.00. The summed E-state index contributed by atoms with van der Waals surface area (Å²) < 4.78 is 13.2. The summed E-state index contributed by atoms with van der Waals surface area (Å²) in [5.41, 5.74) is 4.25. The minimum absolute atomic E-state index is 0.264. The van der Waals surface area contributed by atoms with Gasteiger partial charge in [0.2, 0.25) is 0 Å². The topological polar surface area (TPSA) is 69.3 Å². The van der Waals surface area contributed by atoms with Crippen LogP contribution in [0.5, 0.6) is 5.75 Å². The van der Waals surface area contributed by atoms with Gasteiger partial charge in [-0.2, -0.15) is 0 Å². The molecule has 0 spiro atoms. The SMILES string of the molecule is Cc1cc(C)cc(OCCn2c(CNC(=O)c3ccco3)nc3ccccc32)c1. The van der Waals surface area contributed by atoms with Gasteiger partial charge in [-0.25, -0.2) is 4.98 Å². The zero-order chi connectivity index (χ0) is 20.2. The molecular formula is C23H23N3O3. The first-order valence-electron chi connectivity index (χ1n) is 9.57. The van der Waals surface area contributed by atoms with E-state index >= 15 is 0 Å². The molecule has 0 saturated heterocycles. The van der Waals surface area contributed by atoms with E-state index < -0.39 is 0 Å². The third kappa shape index (κ3) is 4.32. The first-order valence-corrected chi connectivity index (χ1v) is 9.57. The maximum Gasteiger partial charge on any atom is 0.287 e. The molecule has 0 saturated carbocycles. The molecule has 29 heavy (non-hydrogen) atoms. The Bertz CT molecular complexity index is 1110. The Morgan fingerprint density at radius 2 is 1.90 bits per heavy atom. The number of fused-ring (bicyclic) bond motifs is 1. The number of nitrogens with zero attached hydrogens (tertiary/aromatic N) is 2. The number of aryl methyl sites for hydroxylation is 2. The van der Waals surface area contributed by atoms with Crippen molar-refractivity contribution in [1.82, 2.24) is 14.9 Å². The van der Waals surface area contributed by atoms with Gasteiger partial charge in [0, 0.05) is 0 Å². The predicted molar refractivity (Wildman–Crippen MR) is 111 cm³/mol. The van der Waals surface area contributed by atoms with Gasteiger partial charge in [-0.3, -0.25) is 4.79 Å². The maximum atomic E-state index is 12.2. The van der Waals surface area contributed by atoms with Crippen LogP contribution >= 0.6 is 0 Å². The van der Waals surface area contributed by atoms with Gasteiger partial charge in [0.15, 0.2) is 5.76 Å². The molecule has 0 radical (unpaired) electrons. The minimum atomic E-state index is -0.264. The van der Waals surface area contributed by atoms with Crippen molar-refractivity contribution in [1.29, 1.82) is 0 Å². The molecule has 4 aromatic rings. The molecule has 0 aliphatic heterocycles. The monoisotopic (exact) mass is 389 g/mol. The Balaban J connectivity index is 1.49. The number of nitrogens with one attached hydrogen (secondary N) is 1. The molecule has 2 aromatic carbocycles. The van der Waals surface area contributed by atoms with E-state index in [0.717, 1.165) is 22.6 Å². The normalized spacial score (nSPS) is 11.0. The molecule has 0 aliphatic carbocycles. The molecule has 0 bridgehead atoms. The number of carbonyl (C=O) groups is 1. The number of rotatable bonds is 7. The molecule has 6 nitrogen and oxygen atoms in total. The molecule has 2 aromatic heterocycles. The van der Waals surface area contributed by atoms with Crippen molar-refractivity contribution >= 4 is 16.9 Å². The second-order valence-electron chi connectivity index (χ2n) is 7.00. The molecule has 0 aliphatic rings. The van der Waals surface area contributed by atoms with Crippen molar-refractivity contribution in [2.24, 2.45) is 0 Å². The van der Waals surface area contributed by atoms with Crippen LogP contribution in [0.25, 0.3) is 11.0 Å². The van der Waals surface area contributed by atoms with Crippen LogP contribution in [-0.2, 0) is 13.1 Å². The minimum Gasteiger partial charge on any atom is -0.492 e. The molecule has 4 rings (SSSR count). The van der Waals surface area contributed by atoms with Crippen molar-refractivity contribution in [3.05, 3.63) is 83.6 Å². The smallest absolute Gasteiger partial charge is 0.287 e. The van der Waals surface area contributed by atoms with Crippen molar-refractivity contribution in [3.63, 3.8) is 0 Å². The van der Waals surface area contributed by atoms with Crippen LogP contribution in [0.1, 0.15) is 27.5 Å².